The molecule has 3 aliphatic rings. The van der Waals surface area contributed by atoms with Crippen molar-refractivity contribution >= 4 is 11.9 Å². The molecule has 2 aliphatic carbocycles. The molecule has 144 valence electrons. The highest BCUT2D eigenvalue weighted by molar-refractivity contribution is 5.87. The number of nitrogens with zero attached hydrogens (tertiary/aromatic N) is 2. The van der Waals surface area contributed by atoms with Crippen LogP contribution in [0.2, 0.25) is 0 Å². The number of piperazine rings is 1. The number of carbonyl (C=O) groups excluding carboxylic acids is 1. The lowest BCUT2D eigenvalue weighted by Crippen LogP contribution is -2.52. The minimum absolute atomic E-state index is 0.0239. The Morgan fingerprint density at radius 3 is 2.48 bits per heavy atom. The molecule has 2 bridgehead atoms. The number of hydrogen-bond acceptors (Lipinski definition) is 4. The molecule has 1 saturated heterocycles. The topological polar surface area (TPSA) is 70.1 Å². The van der Waals surface area contributed by atoms with Gasteiger partial charge in [0, 0.05) is 32.7 Å². The van der Waals surface area contributed by atoms with Crippen LogP contribution in [-0.4, -0.2) is 60.1 Å². The minimum Gasteiger partial charge on any atom is -0.497 e. The predicted molar refractivity (Wildman–Crippen MR) is 100 cm³/mol. The summed E-state index contributed by atoms with van der Waals surface area (Å²) in [6, 6.07) is 8.04. The molecule has 2 fully saturated rings. The van der Waals surface area contributed by atoms with Gasteiger partial charge in [-0.2, -0.15) is 0 Å². The van der Waals surface area contributed by atoms with Crippen molar-refractivity contribution in [1.82, 2.24) is 9.80 Å². The van der Waals surface area contributed by atoms with Gasteiger partial charge in [0.2, 0.25) is 5.91 Å². The number of benzene rings is 1. The van der Waals surface area contributed by atoms with Crippen LogP contribution in [-0.2, 0) is 16.1 Å². The first kappa shape index (κ1) is 18.0. The lowest BCUT2D eigenvalue weighted by atomic mass is 9.82. The number of aliphatic carboxylic acids is 1. The molecule has 0 aromatic heterocycles. The molecule has 27 heavy (non-hydrogen) atoms. The van der Waals surface area contributed by atoms with Crippen molar-refractivity contribution in [3.05, 3.63) is 42.0 Å². The highest BCUT2D eigenvalue weighted by Gasteiger charge is 2.52. The third kappa shape index (κ3) is 3.46. The average molecular weight is 370 g/mol. The van der Waals surface area contributed by atoms with Gasteiger partial charge >= 0.3 is 5.97 Å². The summed E-state index contributed by atoms with van der Waals surface area (Å²) >= 11 is 0. The molecule has 1 aromatic rings. The van der Waals surface area contributed by atoms with Crippen LogP contribution in [0, 0.1) is 23.7 Å². The Hall–Kier alpha value is -2.34. The van der Waals surface area contributed by atoms with Gasteiger partial charge in [0.15, 0.2) is 0 Å². The van der Waals surface area contributed by atoms with Gasteiger partial charge in [-0.3, -0.25) is 14.5 Å². The smallest absolute Gasteiger partial charge is 0.307 e. The number of carbonyl (C=O) groups is 2. The van der Waals surface area contributed by atoms with E-state index in [1.807, 2.05) is 35.3 Å². The van der Waals surface area contributed by atoms with E-state index in [1.54, 1.807) is 7.11 Å². The highest BCUT2D eigenvalue weighted by Crippen LogP contribution is 2.48. The van der Waals surface area contributed by atoms with Crippen molar-refractivity contribution in [3.63, 3.8) is 0 Å². The number of carboxylic acid groups (broad SMARTS) is 1. The average Bonchev–Trinajstić information content (AvgIpc) is 3.29. The first-order chi connectivity index (χ1) is 13.1. The second kappa shape index (κ2) is 7.35. The molecule has 0 radical (unpaired) electrons. The van der Waals surface area contributed by atoms with Crippen LogP contribution in [0.4, 0.5) is 0 Å². The van der Waals surface area contributed by atoms with Crippen molar-refractivity contribution in [2.24, 2.45) is 23.7 Å². The third-order valence-corrected chi connectivity index (χ3v) is 6.25. The Morgan fingerprint density at radius 1 is 1.11 bits per heavy atom. The molecule has 6 nitrogen and oxygen atoms in total. The second-order valence-corrected chi connectivity index (χ2v) is 7.79. The van der Waals surface area contributed by atoms with Crippen LogP contribution in [0.15, 0.2) is 36.4 Å². The predicted octanol–water partition coefficient (Wildman–Crippen LogP) is 1.86. The Kier molecular flexibility index (Phi) is 4.91. The molecule has 4 atom stereocenters. The highest BCUT2D eigenvalue weighted by atomic mass is 16.5. The summed E-state index contributed by atoms with van der Waals surface area (Å²) in [4.78, 5) is 28.9. The van der Waals surface area contributed by atoms with Crippen LogP contribution in [0.25, 0.3) is 0 Å². The number of hydrogen-bond donors (Lipinski definition) is 1. The van der Waals surface area contributed by atoms with Crippen LogP contribution < -0.4 is 4.74 Å². The zero-order chi connectivity index (χ0) is 19.0. The Bertz CT molecular complexity index is 754. The lowest BCUT2D eigenvalue weighted by Gasteiger charge is -2.37. The molecule has 6 heteroatoms. The molecule has 0 spiro atoms. The number of ether oxygens (including phenoxy) is 1. The van der Waals surface area contributed by atoms with Crippen molar-refractivity contribution < 1.29 is 19.4 Å². The fourth-order valence-electron chi connectivity index (χ4n) is 4.86. The zero-order valence-corrected chi connectivity index (χ0v) is 15.6. The summed E-state index contributed by atoms with van der Waals surface area (Å²) in [5.41, 5.74) is 1.19. The van der Waals surface area contributed by atoms with Gasteiger partial charge in [0.25, 0.3) is 0 Å². The number of fused-ring (bicyclic) bond motifs is 2. The SMILES string of the molecule is COc1cccc(CN2CCN(C(=O)[C@H]3[C@@H](C(=O)O)[C@H]4C=C[C@H]3C4)CC2)c1. The Balaban J connectivity index is 1.35. The van der Waals surface area contributed by atoms with Crippen LogP contribution >= 0.6 is 0 Å². The zero-order valence-electron chi connectivity index (χ0n) is 15.6. The lowest BCUT2D eigenvalue weighted by molar-refractivity contribution is -0.151. The van der Waals surface area contributed by atoms with E-state index in [0.717, 1.165) is 31.8 Å². The van der Waals surface area contributed by atoms with Crippen LogP contribution in [0.1, 0.15) is 12.0 Å². The third-order valence-electron chi connectivity index (χ3n) is 6.25. The number of amides is 1. The number of allylic oxidation sites excluding steroid dienone is 2. The molecular weight excluding hydrogens is 344 g/mol. The van der Waals surface area contributed by atoms with Gasteiger partial charge in [-0.15, -0.1) is 0 Å². The number of carboxylic acids is 1. The molecular formula is C21H26N2O4. The number of methoxy groups -OCH3 is 1. The Morgan fingerprint density at radius 2 is 1.81 bits per heavy atom. The normalized spacial score (nSPS) is 29.9. The summed E-state index contributed by atoms with van der Waals surface area (Å²) in [6.07, 6.45) is 4.84. The molecule has 1 aliphatic heterocycles. The Labute approximate surface area is 159 Å². The summed E-state index contributed by atoms with van der Waals surface area (Å²) in [6.45, 7) is 3.75. The maximum absolute atomic E-state index is 13.0. The monoisotopic (exact) mass is 370 g/mol. The van der Waals surface area contributed by atoms with Crippen LogP contribution in [0.3, 0.4) is 0 Å². The summed E-state index contributed by atoms with van der Waals surface area (Å²) < 4.78 is 5.28. The largest absolute Gasteiger partial charge is 0.497 e. The molecule has 4 rings (SSSR count). The molecule has 1 aromatic carbocycles. The summed E-state index contributed by atoms with van der Waals surface area (Å²) in [7, 11) is 1.67. The summed E-state index contributed by atoms with van der Waals surface area (Å²) in [5.74, 6) is -0.772. The van der Waals surface area contributed by atoms with E-state index in [0.29, 0.717) is 13.1 Å². The molecule has 1 saturated carbocycles. The standard InChI is InChI=1S/C21H26N2O4/c1-27-17-4-2-3-14(11-17)13-22-7-9-23(10-8-22)20(24)18-15-5-6-16(12-15)19(18)21(25)26/h2-6,11,15-16,18-19H,7-10,12-13H2,1H3,(H,25,26)/t15-,16-,18+,19-/m0/s1. The van der Waals surface area contributed by atoms with Crippen molar-refractivity contribution in [2.45, 2.75) is 13.0 Å². The van der Waals surface area contributed by atoms with Crippen molar-refractivity contribution in [3.8, 4) is 5.75 Å². The minimum atomic E-state index is -0.832. The maximum Gasteiger partial charge on any atom is 0.307 e. The van der Waals surface area contributed by atoms with E-state index >= 15 is 0 Å². The molecule has 1 amide bonds. The first-order valence-electron chi connectivity index (χ1n) is 9.62. The quantitative estimate of drug-likeness (QED) is 0.802. The molecule has 0 unspecified atom stereocenters. The first-order valence-corrected chi connectivity index (χ1v) is 9.62. The van der Waals surface area contributed by atoms with Crippen molar-refractivity contribution in [2.75, 3.05) is 33.3 Å². The molecule has 1 heterocycles. The van der Waals surface area contributed by atoms with E-state index in [-0.39, 0.29) is 23.7 Å². The molecule has 1 N–H and O–H groups in total. The van der Waals surface area contributed by atoms with Gasteiger partial charge in [0.1, 0.15) is 5.75 Å². The van der Waals surface area contributed by atoms with Crippen molar-refractivity contribution in [1.29, 1.82) is 0 Å². The van der Waals surface area contributed by atoms with Gasteiger partial charge < -0.3 is 14.7 Å². The van der Waals surface area contributed by atoms with Gasteiger partial charge in [-0.25, -0.2) is 0 Å². The van der Waals surface area contributed by atoms with E-state index in [1.165, 1.54) is 5.56 Å². The van der Waals surface area contributed by atoms with Gasteiger partial charge in [-0.1, -0.05) is 24.3 Å². The summed E-state index contributed by atoms with van der Waals surface area (Å²) in [5, 5.41) is 9.58. The van der Waals surface area contributed by atoms with E-state index in [9.17, 15) is 14.7 Å². The number of rotatable bonds is 5. The van der Waals surface area contributed by atoms with E-state index in [4.69, 9.17) is 4.74 Å². The second-order valence-electron chi connectivity index (χ2n) is 7.79. The fourth-order valence-corrected chi connectivity index (χ4v) is 4.86. The maximum atomic E-state index is 13.0. The van der Waals surface area contributed by atoms with Crippen LogP contribution in [0.5, 0.6) is 5.75 Å². The van der Waals surface area contributed by atoms with E-state index in [2.05, 4.69) is 11.0 Å². The van der Waals surface area contributed by atoms with Gasteiger partial charge in [0.05, 0.1) is 18.9 Å². The fraction of sp³-hybridized carbons (Fsp3) is 0.524. The van der Waals surface area contributed by atoms with Gasteiger partial charge in [-0.05, 0) is 36.0 Å². The van der Waals surface area contributed by atoms with E-state index < -0.39 is 11.9 Å².